The van der Waals surface area contributed by atoms with Crippen molar-refractivity contribution in [1.29, 1.82) is 0 Å². The maximum absolute atomic E-state index is 11.7. The molecule has 0 bridgehead atoms. The van der Waals surface area contributed by atoms with Crippen LogP contribution in [0.4, 0.5) is 0 Å². The summed E-state index contributed by atoms with van der Waals surface area (Å²) in [5.41, 5.74) is 0.722. The summed E-state index contributed by atoms with van der Waals surface area (Å²) in [4.78, 5) is 15.8. The molecule has 0 aliphatic carbocycles. The first kappa shape index (κ1) is 16.4. The molecule has 0 fully saturated rings. The maximum Gasteiger partial charge on any atom is 0.220 e. The number of methoxy groups -OCH3 is 1. The molecule has 1 aromatic heterocycles. The summed E-state index contributed by atoms with van der Waals surface area (Å²) >= 11 is 0. The van der Waals surface area contributed by atoms with Crippen LogP contribution in [0, 0.1) is 5.41 Å². The molecule has 0 aliphatic rings. The highest BCUT2D eigenvalue weighted by molar-refractivity contribution is 5.76. The van der Waals surface area contributed by atoms with Crippen molar-refractivity contribution in [2.24, 2.45) is 5.41 Å². The number of pyridine rings is 1. The van der Waals surface area contributed by atoms with Crippen molar-refractivity contribution in [2.75, 3.05) is 13.7 Å². The minimum Gasteiger partial charge on any atom is -0.495 e. The number of rotatable bonds is 6. The van der Waals surface area contributed by atoms with Gasteiger partial charge in [-0.2, -0.15) is 0 Å². The van der Waals surface area contributed by atoms with Crippen molar-refractivity contribution in [3.8, 4) is 5.75 Å². The molecule has 0 aromatic carbocycles. The van der Waals surface area contributed by atoms with Crippen molar-refractivity contribution in [2.45, 2.75) is 39.7 Å². The lowest BCUT2D eigenvalue weighted by molar-refractivity contribution is -0.121. The smallest absolute Gasteiger partial charge is 0.220 e. The minimum absolute atomic E-state index is 0.0730. The third-order valence-electron chi connectivity index (χ3n) is 3.14. The first-order valence-corrected chi connectivity index (χ1v) is 6.75. The maximum atomic E-state index is 11.7. The quantitative estimate of drug-likeness (QED) is 0.829. The largest absolute Gasteiger partial charge is 0.495 e. The van der Waals surface area contributed by atoms with E-state index >= 15 is 0 Å². The number of nitrogens with zero attached hydrogens (tertiary/aromatic N) is 1. The predicted molar refractivity (Wildman–Crippen MR) is 77.6 cm³/mol. The van der Waals surface area contributed by atoms with Crippen LogP contribution in [0.5, 0.6) is 5.75 Å². The third-order valence-corrected chi connectivity index (χ3v) is 3.14. The van der Waals surface area contributed by atoms with Crippen LogP contribution in [0.3, 0.4) is 0 Å². The molecule has 112 valence electrons. The van der Waals surface area contributed by atoms with Crippen LogP contribution in [-0.4, -0.2) is 35.8 Å². The molecule has 1 amide bonds. The van der Waals surface area contributed by atoms with Crippen LogP contribution in [0.2, 0.25) is 0 Å². The fraction of sp³-hybridized carbons (Fsp3) is 0.600. The number of nitrogens with one attached hydrogen (secondary N) is 1. The Morgan fingerprint density at radius 1 is 1.45 bits per heavy atom. The van der Waals surface area contributed by atoms with Crippen LogP contribution in [0.1, 0.15) is 32.8 Å². The van der Waals surface area contributed by atoms with Crippen molar-refractivity contribution < 1.29 is 14.6 Å². The highest BCUT2D eigenvalue weighted by atomic mass is 16.5. The molecule has 1 rings (SSSR count). The van der Waals surface area contributed by atoms with Crippen molar-refractivity contribution in [1.82, 2.24) is 10.3 Å². The molecule has 1 heterocycles. The van der Waals surface area contributed by atoms with Gasteiger partial charge >= 0.3 is 0 Å². The summed E-state index contributed by atoms with van der Waals surface area (Å²) in [6.07, 6.45) is 3.76. The number of hydrogen-bond acceptors (Lipinski definition) is 4. The number of aryl methyl sites for hydroxylation is 1. The number of carbonyl (C=O) groups is 1. The van der Waals surface area contributed by atoms with Crippen LogP contribution in [-0.2, 0) is 11.2 Å². The zero-order chi connectivity index (χ0) is 15.2. The lowest BCUT2D eigenvalue weighted by atomic mass is 9.89. The van der Waals surface area contributed by atoms with E-state index in [1.54, 1.807) is 19.5 Å². The zero-order valence-electron chi connectivity index (χ0n) is 12.6. The van der Waals surface area contributed by atoms with Gasteiger partial charge in [0, 0.05) is 19.2 Å². The first-order chi connectivity index (χ1) is 9.32. The number of aliphatic hydroxyl groups is 1. The van der Waals surface area contributed by atoms with E-state index in [2.05, 4.69) is 10.3 Å². The molecule has 0 spiro atoms. The van der Waals surface area contributed by atoms with Crippen LogP contribution in [0.15, 0.2) is 18.5 Å². The van der Waals surface area contributed by atoms with Crippen LogP contribution in [0.25, 0.3) is 0 Å². The summed E-state index contributed by atoms with van der Waals surface area (Å²) in [6.45, 7) is 6.09. The Morgan fingerprint density at radius 2 is 2.15 bits per heavy atom. The first-order valence-electron chi connectivity index (χ1n) is 6.75. The molecule has 1 aromatic rings. The fourth-order valence-electron chi connectivity index (χ4n) is 1.58. The Balaban J connectivity index is 2.36. The minimum atomic E-state index is -0.551. The Hall–Kier alpha value is -1.62. The monoisotopic (exact) mass is 280 g/mol. The average molecular weight is 280 g/mol. The van der Waals surface area contributed by atoms with E-state index in [0.29, 0.717) is 18.6 Å². The van der Waals surface area contributed by atoms with Gasteiger partial charge in [0.1, 0.15) is 5.75 Å². The van der Waals surface area contributed by atoms with E-state index < -0.39 is 6.10 Å². The van der Waals surface area contributed by atoms with Gasteiger partial charge in [0.15, 0.2) is 0 Å². The van der Waals surface area contributed by atoms with Crippen molar-refractivity contribution in [3.63, 3.8) is 0 Å². The molecular weight excluding hydrogens is 256 g/mol. The number of carbonyl (C=O) groups excluding carboxylic acids is 1. The topological polar surface area (TPSA) is 71.5 Å². The van der Waals surface area contributed by atoms with Gasteiger partial charge in [-0.25, -0.2) is 0 Å². The fourth-order valence-corrected chi connectivity index (χ4v) is 1.58. The lowest BCUT2D eigenvalue weighted by Crippen LogP contribution is -2.39. The SMILES string of the molecule is COc1cncc(CCC(=O)NCC(O)C(C)(C)C)c1. The van der Waals surface area contributed by atoms with E-state index in [1.807, 2.05) is 26.8 Å². The zero-order valence-corrected chi connectivity index (χ0v) is 12.6. The Kier molecular flexibility index (Phi) is 5.95. The second kappa shape index (κ2) is 7.24. The van der Waals surface area contributed by atoms with Gasteiger partial charge in [-0.3, -0.25) is 9.78 Å². The van der Waals surface area contributed by atoms with Gasteiger partial charge in [0.05, 0.1) is 19.4 Å². The van der Waals surface area contributed by atoms with Gasteiger partial charge in [0.2, 0.25) is 5.91 Å². The van der Waals surface area contributed by atoms with Gasteiger partial charge < -0.3 is 15.2 Å². The molecule has 0 saturated carbocycles. The summed E-state index contributed by atoms with van der Waals surface area (Å²) in [7, 11) is 1.58. The number of aliphatic hydroxyl groups excluding tert-OH is 1. The molecule has 1 unspecified atom stereocenters. The molecule has 1 atom stereocenters. The summed E-state index contributed by atoms with van der Waals surface area (Å²) < 4.78 is 5.08. The van der Waals surface area contributed by atoms with E-state index in [4.69, 9.17) is 4.74 Å². The summed E-state index contributed by atoms with van der Waals surface area (Å²) in [5.74, 6) is 0.613. The van der Waals surface area contributed by atoms with Crippen LogP contribution >= 0.6 is 0 Å². The van der Waals surface area contributed by atoms with E-state index in [-0.39, 0.29) is 17.9 Å². The standard InChI is InChI=1S/C15H24N2O3/c1-15(2,3)13(18)10-17-14(19)6-5-11-7-12(20-4)9-16-8-11/h7-9,13,18H,5-6,10H2,1-4H3,(H,17,19). The van der Waals surface area contributed by atoms with Crippen LogP contribution < -0.4 is 10.1 Å². The highest BCUT2D eigenvalue weighted by Gasteiger charge is 2.22. The molecule has 5 heteroatoms. The van der Waals surface area contributed by atoms with Gasteiger partial charge in [-0.05, 0) is 23.5 Å². The molecule has 5 nitrogen and oxygen atoms in total. The Bertz CT molecular complexity index is 441. The summed E-state index contributed by atoms with van der Waals surface area (Å²) in [6, 6.07) is 1.87. The third kappa shape index (κ3) is 5.57. The summed E-state index contributed by atoms with van der Waals surface area (Å²) in [5, 5.41) is 12.6. The molecule has 0 radical (unpaired) electrons. The number of ether oxygens (including phenoxy) is 1. The molecule has 0 saturated heterocycles. The second-order valence-electron chi connectivity index (χ2n) is 5.92. The highest BCUT2D eigenvalue weighted by Crippen LogP contribution is 2.18. The van der Waals surface area contributed by atoms with Gasteiger partial charge in [-0.1, -0.05) is 20.8 Å². The normalized spacial score (nSPS) is 12.8. The van der Waals surface area contributed by atoms with Crippen molar-refractivity contribution >= 4 is 5.91 Å². The molecule has 0 aliphatic heterocycles. The predicted octanol–water partition coefficient (Wildman–Crippen LogP) is 1.55. The number of amides is 1. The number of aromatic nitrogens is 1. The average Bonchev–Trinajstić information content (AvgIpc) is 2.41. The van der Waals surface area contributed by atoms with E-state index in [9.17, 15) is 9.90 Å². The van der Waals surface area contributed by atoms with E-state index in [0.717, 1.165) is 5.56 Å². The molecular formula is C15H24N2O3. The molecule has 2 N–H and O–H groups in total. The van der Waals surface area contributed by atoms with Crippen molar-refractivity contribution in [3.05, 3.63) is 24.0 Å². The van der Waals surface area contributed by atoms with Gasteiger partial charge in [-0.15, -0.1) is 0 Å². The van der Waals surface area contributed by atoms with E-state index in [1.165, 1.54) is 0 Å². The Morgan fingerprint density at radius 3 is 2.75 bits per heavy atom. The number of hydrogen-bond donors (Lipinski definition) is 2. The Labute approximate surface area is 120 Å². The lowest BCUT2D eigenvalue weighted by Gasteiger charge is -2.25. The van der Waals surface area contributed by atoms with Gasteiger partial charge in [0.25, 0.3) is 0 Å². The second-order valence-corrected chi connectivity index (χ2v) is 5.92. The molecule has 20 heavy (non-hydrogen) atoms.